The van der Waals surface area contributed by atoms with Crippen molar-refractivity contribution in [2.24, 2.45) is 0 Å². The highest BCUT2D eigenvalue weighted by molar-refractivity contribution is 14.1. The summed E-state index contributed by atoms with van der Waals surface area (Å²) in [6, 6.07) is 12.8. The Morgan fingerprint density at radius 2 is 1.19 bits per heavy atom. The molecule has 0 saturated carbocycles. The number of aryl methyl sites for hydroxylation is 1. The van der Waals surface area contributed by atoms with Gasteiger partial charge >= 0.3 is 0 Å². The Morgan fingerprint density at radius 1 is 0.688 bits per heavy atom. The Kier molecular flexibility index (Phi) is 11.1. The number of fused-ring (bicyclic) bond motifs is 3. The van der Waals surface area contributed by atoms with E-state index < -0.39 is 0 Å². The van der Waals surface area contributed by atoms with Crippen molar-refractivity contribution in [1.29, 1.82) is 0 Å². The van der Waals surface area contributed by atoms with Gasteiger partial charge < -0.3 is 4.57 Å². The van der Waals surface area contributed by atoms with Gasteiger partial charge in [-0.15, -0.1) is 0 Å². The smallest absolute Gasteiger partial charge is 0.150 e. The normalized spacial score (nSPS) is 11.6. The van der Waals surface area contributed by atoms with Crippen LogP contribution in [-0.4, -0.2) is 10.9 Å². The molecule has 3 heteroatoms. The molecule has 0 unspecified atom stereocenters. The maximum absolute atomic E-state index is 11.3. The molecule has 0 amide bonds. The van der Waals surface area contributed by atoms with E-state index in [0.29, 0.717) is 0 Å². The molecule has 174 valence electrons. The summed E-state index contributed by atoms with van der Waals surface area (Å²) >= 11 is 2.37. The summed E-state index contributed by atoms with van der Waals surface area (Å²) in [4.78, 5) is 11.3. The molecule has 0 spiro atoms. The van der Waals surface area contributed by atoms with Crippen LogP contribution in [0.25, 0.3) is 21.8 Å². The average molecular weight is 546 g/mol. The van der Waals surface area contributed by atoms with E-state index in [9.17, 15) is 4.79 Å². The Morgan fingerprint density at radius 3 is 1.75 bits per heavy atom. The van der Waals surface area contributed by atoms with Gasteiger partial charge in [0.15, 0.2) is 0 Å². The van der Waals surface area contributed by atoms with Gasteiger partial charge in [0.05, 0.1) is 0 Å². The number of carbonyl (C=O) groups is 1. The molecule has 1 aromatic heterocycles. The monoisotopic (exact) mass is 545 g/mol. The molecule has 0 saturated heterocycles. The minimum atomic E-state index is 0.756. The maximum atomic E-state index is 11.3. The quantitative estimate of drug-likeness (QED) is 0.0998. The lowest BCUT2D eigenvalue weighted by atomic mass is 10.0. The Bertz CT molecular complexity index is 974. The fourth-order valence-electron chi connectivity index (χ4n) is 4.87. The van der Waals surface area contributed by atoms with Crippen LogP contribution in [0.3, 0.4) is 0 Å². The van der Waals surface area contributed by atoms with E-state index in [0.717, 1.165) is 18.4 Å². The summed E-state index contributed by atoms with van der Waals surface area (Å²) in [6.07, 6.45) is 20.4. The van der Waals surface area contributed by atoms with Crippen LogP contribution in [0.1, 0.15) is 107 Å². The third-order valence-electron chi connectivity index (χ3n) is 6.72. The summed E-state index contributed by atoms with van der Waals surface area (Å²) in [5.41, 5.74) is 3.30. The number of hydrogen-bond donors (Lipinski definition) is 0. The molecule has 3 rings (SSSR count). The van der Waals surface area contributed by atoms with Crippen molar-refractivity contribution in [2.75, 3.05) is 0 Å². The van der Waals surface area contributed by atoms with Gasteiger partial charge in [0.25, 0.3) is 0 Å². The third-order valence-corrected chi connectivity index (χ3v) is 7.39. The fraction of sp³-hybridized carbons (Fsp3) is 0.552. The summed E-state index contributed by atoms with van der Waals surface area (Å²) in [5, 5.41) is 2.47. The van der Waals surface area contributed by atoms with Crippen molar-refractivity contribution in [3.05, 3.63) is 45.5 Å². The number of unbranched alkanes of at least 4 members (excludes halogenated alkanes) is 13. The van der Waals surface area contributed by atoms with Gasteiger partial charge in [0.1, 0.15) is 6.29 Å². The second kappa shape index (κ2) is 14.0. The number of hydrogen-bond acceptors (Lipinski definition) is 1. The second-order valence-electron chi connectivity index (χ2n) is 9.30. The van der Waals surface area contributed by atoms with E-state index in [1.807, 2.05) is 12.1 Å². The number of rotatable bonds is 16. The number of halogens is 1. The third kappa shape index (κ3) is 7.33. The summed E-state index contributed by atoms with van der Waals surface area (Å²) in [5.74, 6) is 0. The van der Waals surface area contributed by atoms with Crippen LogP contribution in [-0.2, 0) is 6.54 Å². The number of benzene rings is 2. The summed E-state index contributed by atoms with van der Waals surface area (Å²) in [6.45, 7) is 3.34. The van der Waals surface area contributed by atoms with Crippen LogP contribution in [0.4, 0.5) is 0 Å². The zero-order valence-electron chi connectivity index (χ0n) is 19.9. The van der Waals surface area contributed by atoms with Gasteiger partial charge in [-0.1, -0.05) is 90.4 Å². The molecule has 2 aromatic carbocycles. The molecule has 1 heterocycles. The van der Waals surface area contributed by atoms with Crippen molar-refractivity contribution < 1.29 is 4.79 Å². The van der Waals surface area contributed by atoms with Gasteiger partial charge in [0, 0.05) is 37.5 Å². The number of nitrogens with zero attached hydrogens (tertiary/aromatic N) is 1. The Balaban J connectivity index is 1.38. The first-order valence-corrected chi connectivity index (χ1v) is 14.0. The first kappa shape index (κ1) is 25.3. The topological polar surface area (TPSA) is 22.0 Å². The molecular formula is C29H40INO. The highest BCUT2D eigenvalue weighted by Gasteiger charge is 2.11. The lowest BCUT2D eigenvalue weighted by molar-refractivity contribution is 0.112. The molecular weight excluding hydrogens is 505 g/mol. The van der Waals surface area contributed by atoms with Crippen LogP contribution in [0, 0.1) is 3.57 Å². The SMILES string of the molecule is CCCCCCCCCCCCCCCCn1c2ccc(I)cc2c2cc(C=O)ccc21. The number of aromatic nitrogens is 1. The first-order valence-electron chi connectivity index (χ1n) is 12.9. The summed E-state index contributed by atoms with van der Waals surface area (Å²) in [7, 11) is 0. The van der Waals surface area contributed by atoms with E-state index in [2.05, 4.69) is 58.3 Å². The van der Waals surface area contributed by atoms with E-state index in [-0.39, 0.29) is 0 Å². The van der Waals surface area contributed by atoms with E-state index >= 15 is 0 Å². The largest absolute Gasteiger partial charge is 0.340 e. The van der Waals surface area contributed by atoms with Crippen molar-refractivity contribution >= 4 is 50.7 Å². The zero-order valence-corrected chi connectivity index (χ0v) is 22.0. The molecule has 3 aromatic rings. The molecule has 0 aliphatic carbocycles. The fourth-order valence-corrected chi connectivity index (χ4v) is 5.36. The van der Waals surface area contributed by atoms with E-state index in [1.54, 1.807) is 0 Å². The van der Waals surface area contributed by atoms with Crippen LogP contribution in [0.15, 0.2) is 36.4 Å². The van der Waals surface area contributed by atoms with Crippen molar-refractivity contribution in [2.45, 2.75) is 103 Å². The lowest BCUT2D eigenvalue weighted by Gasteiger charge is -2.08. The van der Waals surface area contributed by atoms with Crippen LogP contribution >= 0.6 is 22.6 Å². The maximum Gasteiger partial charge on any atom is 0.150 e. The highest BCUT2D eigenvalue weighted by atomic mass is 127. The van der Waals surface area contributed by atoms with Crippen molar-refractivity contribution in [3.63, 3.8) is 0 Å². The average Bonchev–Trinajstić information content (AvgIpc) is 3.11. The minimum absolute atomic E-state index is 0.756. The minimum Gasteiger partial charge on any atom is -0.340 e. The van der Waals surface area contributed by atoms with Crippen LogP contribution in [0.5, 0.6) is 0 Å². The van der Waals surface area contributed by atoms with Gasteiger partial charge in [-0.25, -0.2) is 0 Å². The molecule has 0 aliphatic rings. The van der Waals surface area contributed by atoms with Crippen LogP contribution < -0.4 is 0 Å². The lowest BCUT2D eigenvalue weighted by Crippen LogP contribution is -1.98. The number of aldehydes is 1. The molecule has 0 radical (unpaired) electrons. The van der Waals surface area contributed by atoms with E-state index in [4.69, 9.17) is 0 Å². The first-order chi connectivity index (χ1) is 15.7. The summed E-state index contributed by atoms with van der Waals surface area (Å²) < 4.78 is 3.69. The Labute approximate surface area is 208 Å². The standard InChI is InChI=1S/C29H40INO/c1-2-3-4-5-6-7-8-9-10-11-12-13-14-15-20-31-28-18-16-24(23-32)21-26(28)27-22-25(30)17-19-29(27)31/h16-19,21-23H,2-15,20H2,1H3. The van der Waals surface area contributed by atoms with Crippen molar-refractivity contribution in [3.8, 4) is 0 Å². The van der Waals surface area contributed by atoms with Gasteiger partial charge in [-0.05, 0) is 65.4 Å². The number of carbonyl (C=O) groups excluding carboxylic acids is 1. The molecule has 2 nitrogen and oxygen atoms in total. The van der Waals surface area contributed by atoms with E-state index in [1.165, 1.54) is 115 Å². The van der Waals surface area contributed by atoms with Gasteiger partial charge in [-0.3, -0.25) is 4.79 Å². The molecule has 0 aliphatic heterocycles. The predicted octanol–water partition coefficient (Wildman–Crippen LogP) is 9.69. The predicted molar refractivity (Wildman–Crippen MR) is 148 cm³/mol. The van der Waals surface area contributed by atoms with Crippen LogP contribution in [0.2, 0.25) is 0 Å². The molecule has 0 fully saturated rings. The second-order valence-corrected chi connectivity index (χ2v) is 10.5. The molecule has 0 bridgehead atoms. The molecule has 0 atom stereocenters. The molecule has 32 heavy (non-hydrogen) atoms. The van der Waals surface area contributed by atoms with Gasteiger partial charge in [0.2, 0.25) is 0 Å². The van der Waals surface area contributed by atoms with Crippen molar-refractivity contribution in [1.82, 2.24) is 4.57 Å². The molecule has 0 N–H and O–H groups in total. The highest BCUT2D eigenvalue weighted by Crippen LogP contribution is 2.31. The Hall–Kier alpha value is -1.36. The van der Waals surface area contributed by atoms with Gasteiger partial charge in [-0.2, -0.15) is 0 Å². The zero-order chi connectivity index (χ0) is 22.6.